The van der Waals surface area contributed by atoms with Gasteiger partial charge < -0.3 is 5.11 Å². The lowest BCUT2D eigenvalue weighted by atomic mass is 10.1. The van der Waals surface area contributed by atoms with Crippen molar-refractivity contribution >= 4 is 16.9 Å². The summed E-state index contributed by atoms with van der Waals surface area (Å²) >= 11 is 1.56. The molecular weight excluding hydrogens is 258 g/mol. The molecule has 0 aromatic heterocycles. The van der Waals surface area contributed by atoms with Crippen LogP contribution in [0.1, 0.15) is 20.3 Å². The standard InChI is InChI=1S/C14H15N3OS/c1-10-7-12(9-13(18)8-11(10)2)16-17-14-15-5-3-4-6-19-14/h3,5,7-8,18H,4,6H2,1-2H3. The van der Waals surface area contributed by atoms with Crippen LogP contribution < -0.4 is 0 Å². The van der Waals surface area contributed by atoms with Crippen LogP contribution in [0.4, 0.5) is 0 Å². The van der Waals surface area contributed by atoms with Crippen molar-refractivity contribution in [2.75, 3.05) is 5.75 Å². The van der Waals surface area contributed by atoms with Crippen molar-refractivity contribution in [1.29, 1.82) is 0 Å². The number of azo groups is 1. The van der Waals surface area contributed by atoms with Gasteiger partial charge in [0, 0.05) is 12.0 Å². The molecule has 0 aromatic rings. The predicted molar refractivity (Wildman–Crippen MR) is 79.2 cm³/mol. The van der Waals surface area contributed by atoms with Crippen LogP contribution in [-0.2, 0) is 0 Å². The molecule has 0 aromatic carbocycles. The molecule has 5 heteroatoms. The second-order valence-corrected chi connectivity index (χ2v) is 5.25. The van der Waals surface area contributed by atoms with E-state index >= 15 is 0 Å². The molecule has 0 spiro atoms. The molecule has 98 valence electrons. The summed E-state index contributed by atoms with van der Waals surface area (Å²) < 4.78 is 0. The fourth-order valence-electron chi connectivity index (χ4n) is 1.49. The molecular formula is C14H15N3OS. The van der Waals surface area contributed by atoms with Crippen molar-refractivity contribution in [3.63, 3.8) is 0 Å². The molecule has 0 amide bonds. The normalized spacial score (nSPS) is 20.0. The smallest absolute Gasteiger partial charge is 0.209 e. The summed E-state index contributed by atoms with van der Waals surface area (Å²) in [6.07, 6.45) is 8.24. The highest BCUT2D eigenvalue weighted by Gasteiger charge is 2.04. The van der Waals surface area contributed by atoms with Crippen LogP contribution in [0.25, 0.3) is 0 Å². The van der Waals surface area contributed by atoms with Crippen LogP contribution in [0.5, 0.6) is 0 Å². The monoisotopic (exact) mass is 273 g/mol. The Balaban J connectivity index is 2.21. The number of nitrogens with zero attached hydrogens (tertiary/aromatic N) is 3. The van der Waals surface area contributed by atoms with Gasteiger partial charge in [0.05, 0.1) is 0 Å². The number of amidine groups is 1. The Bertz CT molecular complexity index is 588. The van der Waals surface area contributed by atoms with Crippen molar-refractivity contribution in [1.82, 2.24) is 0 Å². The minimum Gasteiger partial charge on any atom is -0.501 e. The number of allylic oxidation sites excluding steroid dienone is 4. The number of hydrogen-bond acceptors (Lipinski definition) is 5. The Morgan fingerprint density at radius 3 is 2.89 bits per heavy atom. The van der Waals surface area contributed by atoms with Gasteiger partial charge in [-0.05, 0) is 49.3 Å². The highest BCUT2D eigenvalue weighted by Crippen LogP contribution is 2.18. The Morgan fingerprint density at radius 1 is 1.26 bits per heavy atom. The minimum absolute atomic E-state index is 0.0647. The lowest BCUT2D eigenvalue weighted by Crippen LogP contribution is -1.86. The van der Waals surface area contributed by atoms with E-state index in [1.54, 1.807) is 24.0 Å². The van der Waals surface area contributed by atoms with Gasteiger partial charge in [-0.3, -0.25) is 0 Å². The average Bonchev–Trinajstić information content (AvgIpc) is 2.68. The molecule has 0 unspecified atom stereocenters. The van der Waals surface area contributed by atoms with E-state index in [1.807, 2.05) is 26.0 Å². The van der Waals surface area contributed by atoms with Crippen molar-refractivity contribution in [3.8, 4) is 0 Å². The molecule has 1 aliphatic heterocycles. The third-order valence-corrected chi connectivity index (χ3v) is 3.52. The van der Waals surface area contributed by atoms with E-state index in [1.165, 1.54) is 0 Å². The third kappa shape index (κ3) is 4.09. The summed E-state index contributed by atoms with van der Waals surface area (Å²) in [4.78, 5) is 4.18. The second kappa shape index (κ2) is 6.36. The van der Waals surface area contributed by atoms with Crippen LogP contribution >= 0.6 is 11.8 Å². The zero-order valence-corrected chi connectivity index (χ0v) is 11.7. The molecule has 2 rings (SSSR count). The molecule has 1 N–H and O–H groups in total. The first-order valence-electron chi connectivity index (χ1n) is 5.99. The molecule has 19 heavy (non-hydrogen) atoms. The Morgan fingerprint density at radius 2 is 2.05 bits per heavy atom. The average molecular weight is 273 g/mol. The van der Waals surface area contributed by atoms with Crippen molar-refractivity contribution < 1.29 is 5.11 Å². The summed E-state index contributed by atoms with van der Waals surface area (Å²) in [6, 6.07) is 0. The second-order valence-electron chi connectivity index (χ2n) is 4.18. The first kappa shape index (κ1) is 13.6. The van der Waals surface area contributed by atoms with Crippen LogP contribution in [0.2, 0.25) is 0 Å². The maximum atomic E-state index is 9.66. The Kier molecular flexibility index (Phi) is 4.55. The zero-order chi connectivity index (χ0) is 13.7. The van der Waals surface area contributed by atoms with Gasteiger partial charge in [-0.15, -0.1) is 10.2 Å². The fourth-order valence-corrected chi connectivity index (χ4v) is 2.16. The van der Waals surface area contributed by atoms with Crippen molar-refractivity contribution in [3.05, 3.63) is 52.8 Å². The molecule has 0 atom stereocenters. The van der Waals surface area contributed by atoms with Gasteiger partial charge in [0.2, 0.25) is 5.17 Å². The Labute approximate surface area is 116 Å². The van der Waals surface area contributed by atoms with Gasteiger partial charge >= 0.3 is 0 Å². The van der Waals surface area contributed by atoms with Gasteiger partial charge in [0.15, 0.2) is 5.76 Å². The summed E-state index contributed by atoms with van der Waals surface area (Å²) in [6.45, 7) is 3.89. The molecule has 0 bridgehead atoms. The van der Waals surface area contributed by atoms with E-state index in [0.29, 0.717) is 10.9 Å². The first-order valence-corrected chi connectivity index (χ1v) is 6.98. The molecule has 0 radical (unpaired) electrons. The summed E-state index contributed by atoms with van der Waals surface area (Å²) in [5.74, 6) is 1.01. The van der Waals surface area contributed by atoms with Gasteiger partial charge in [0.25, 0.3) is 0 Å². The summed E-state index contributed by atoms with van der Waals surface area (Å²) in [5.41, 5.74) is 5.30. The number of hydrogen-bond donors (Lipinski definition) is 1. The number of aliphatic imine (C=N–C) groups is 1. The SMILES string of the molecule is CC1=CC(O)=C=C(N=NC2=NC=CCCS2)C=C1C. The number of thioether (sulfide) groups is 1. The maximum absolute atomic E-state index is 9.66. The lowest BCUT2D eigenvalue weighted by Gasteiger charge is -1.97. The third-order valence-electron chi connectivity index (χ3n) is 2.63. The fraction of sp³-hybridized carbons (Fsp3) is 0.286. The minimum atomic E-state index is 0.0647. The largest absolute Gasteiger partial charge is 0.501 e. The molecule has 1 aliphatic carbocycles. The van der Waals surface area contributed by atoms with Crippen molar-refractivity contribution in [2.45, 2.75) is 20.3 Å². The molecule has 4 nitrogen and oxygen atoms in total. The first-order chi connectivity index (χ1) is 9.15. The topological polar surface area (TPSA) is 57.3 Å². The maximum Gasteiger partial charge on any atom is 0.209 e. The van der Waals surface area contributed by atoms with Gasteiger partial charge in [-0.25, -0.2) is 4.99 Å². The molecule has 2 aliphatic rings. The van der Waals surface area contributed by atoms with E-state index in [9.17, 15) is 5.11 Å². The van der Waals surface area contributed by atoms with Crippen LogP contribution in [0.15, 0.2) is 68.0 Å². The number of aliphatic hydroxyl groups excluding tert-OH is 1. The number of rotatable bonds is 1. The van der Waals surface area contributed by atoms with Crippen LogP contribution in [0.3, 0.4) is 0 Å². The Hall–Kier alpha value is -1.84. The highest BCUT2D eigenvalue weighted by atomic mass is 32.2. The predicted octanol–water partition coefficient (Wildman–Crippen LogP) is 4.28. The van der Waals surface area contributed by atoms with Gasteiger partial charge in [0.1, 0.15) is 5.70 Å². The van der Waals surface area contributed by atoms with Gasteiger partial charge in [-0.2, -0.15) is 0 Å². The lowest BCUT2D eigenvalue weighted by molar-refractivity contribution is 0.433. The number of aliphatic hydroxyl groups is 1. The zero-order valence-electron chi connectivity index (χ0n) is 10.9. The molecule has 0 saturated carbocycles. The van der Waals surface area contributed by atoms with Crippen molar-refractivity contribution in [2.24, 2.45) is 15.2 Å². The summed E-state index contributed by atoms with van der Waals surface area (Å²) in [7, 11) is 0. The summed E-state index contributed by atoms with van der Waals surface area (Å²) in [5, 5.41) is 18.5. The van der Waals surface area contributed by atoms with Crippen LogP contribution in [-0.4, -0.2) is 16.0 Å². The molecule has 0 fully saturated rings. The highest BCUT2D eigenvalue weighted by molar-refractivity contribution is 8.13. The molecule has 0 saturated heterocycles. The quantitative estimate of drug-likeness (QED) is 0.572. The van der Waals surface area contributed by atoms with E-state index in [0.717, 1.165) is 23.3 Å². The molecule has 1 heterocycles. The van der Waals surface area contributed by atoms with Gasteiger partial charge in [-0.1, -0.05) is 17.8 Å². The van der Waals surface area contributed by atoms with E-state index in [2.05, 4.69) is 21.0 Å². The van der Waals surface area contributed by atoms with E-state index in [-0.39, 0.29) is 5.76 Å². The van der Waals surface area contributed by atoms with E-state index in [4.69, 9.17) is 0 Å². The van der Waals surface area contributed by atoms with E-state index < -0.39 is 0 Å². The van der Waals surface area contributed by atoms with Crippen LogP contribution in [0, 0.1) is 0 Å².